The molecule has 2 aromatic carbocycles. The van der Waals surface area contributed by atoms with Gasteiger partial charge in [0, 0.05) is 44.0 Å². The second-order valence-electron chi connectivity index (χ2n) is 6.96. The summed E-state index contributed by atoms with van der Waals surface area (Å²) in [6.45, 7) is 7.54. The lowest BCUT2D eigenvalue weighted by atomic mass is 9.99. The summed E-state index contributed by atoms with van der Waals surface area (Å²) in [5.41, 5.74) is 2.81. The fourth-order valence-electron chi connectivity index (χ4n) is 3.54. The fourth-order valence-corrected chi connectivity index (χ4v) is 3.54. The topological polar surface area (TPSA) is 56.2 Å². The standard InChI is InChI=1S/C21H28N2O3/c1-15-13-17(7-8-20(15)24)21(25)16(2)22-9-11-23(12-10-22)18-5-4-6-19(14-18)26-3/h4-8,13-14,16,21,24-25H,9-12H2,1-3H3. The molecule has 1 saturated heterocycles. The van der Waals surface area contributed by atoms with Crippen molar-refractivity contribution in [3.05, 3.63) is 53.6 Å². The minimum atomic E-state index is -0.572. The molecular weight excluding hydrogens is 328 g/mol. The van der Waals surface area contributed by atoms with Crippen molar-refractivity contribution in [2.75, 3.05) is 38.2 Å². The third kappa shape index (κ3) is 3.94. The SMILES string of the molecule is COc1cccc(N2CCN(C(C)C(O)c3ccc(O)c(C)c3)CC2)c1. The Bertz CT molecular complexity index is 742. The number of aliphatic hydroxyl groups is 1. The van der Waals surface area contributed by atoms with Gasteiger partial charge < -0.3 is 19.8 Å². The molecule has 5 heteroatoms. The molecule has 26 heavy (non-hydrogen) atoms. The number of aromatic hydroxyl groups is 1. The normalized spacial score (nSPS) is 17.8. The van der Waals surface area contributed by atoms with Crippen LogP contribution in [0.25, 0.3) is 0 Å². The van der Waals surface area contributed by atoms with Crippen molar-refractivity contribution in [2.45, 2.75) is 26.0 Å². The van der Waals surface area contributed by atoms with Gasteiger partial charge in [-0.25, -0.2) is 0 Å². The second-order valence-corrected chi connectivity index (χ2v) is 6.96. The molecule has 0 aliphatic carbocycles. The molecule has 0 amide bonds. The van der Waals surface area contributed by atoms with Gasteiger partial charge in [0.2, 0.25) is 0 Å². The zero-order valence-electron chi connectivity index (χ0n) is 15.7. The summed E-state index contributed by atoms with van der Waals surface area (Å²) in [6.07, 6.45) is -0.572. The molecule has 2 unspecified atom stereocenters. The molecule has 1 aliphatic heterocycles. The van der Waals surface area contributed by atoms with Crippen LogP contribution in [0.4, 0.5) is 5.69 Å². The van der Waals surface area contributed by atoms with Gasteiger partial charge in [0.25, 0.3) is 0 Å². The van der Waals surface area contributed by atoms with E-state index in [1.165, 1.54) is 5.69 Å². The number of phenols is 1. The van der Waals surface area contributed by atoms with Gasteiger partial charge in [-0.2, -0.15) is 0 Å². The molecule has 1 fully saturated rings. The number of benzene rings is 2. The van der Waals surface area contributed by atoms with Crippen molar-refractivity contribution in [1.29, 1.82) is 0 Å². The molecule has 2 N–H and O–H groups in total. The highest BCUT2D eigenvalue weighted by atomic mass is 16.5. The van der Waals surface area contributed by atoms with Crippen LogP contribution in [0.3, 0.4) is 0 Å². The second kappa shape index (κ2) is 7.98. The maximum atomic E-state index is 10.8. The summed E-state index contributed by atoms with van der Waals surface area (Å²) in [5.74, 6) is 1.14. The van der Waals surface area contributed by atoms with Gasteiger partial charge in [0.15, 0.2) is 0 Å². The average molecular weight is 356 g/mol. The van der Waals surface area contributed by atoms with Crippen molar-refractivity contribution in [3.8, 4) is 11.5 Å². The average Bonchev–Trinajstić information content (AvgIpc) is 2.69. The van der Waals surface area contributed by atoms with E-state index in [0.717, 1.165) is 43.1 Å². The summed E-state index contributed by atoms with van der Waals surface area (Å²) in [5, 5.41) is 20.4. The first-order valence-electron chi connectivity index (χ1n) is 9.10. The summed E-state index contributed by atoms with van der Waals surface area (Å²) >= 11 is 0. The van der Waals surface area contributed by atoms with E-state index in [1.54, 1.807) is 19.2 Å². The van der Waals surface area contributed by atoms with Gasteiger partial charge in [-0.1, -0.05) is 12.1 Å². The number of phenolic OH excluding ortho intramolecular Hbond substituents is 1. The van der Waals surface area contributed by atoms with Gasteiger partial charge in [-0.05, 0) is 49.2 Å². The summed E-state index contributed by atoms with van der Waals surface area (Å²) in [7, 11) is 1.69. The van der Waals surface area contributed by atoms with E-state index in [1.807, 2.05) is 25.1 Å². The van der Waals surface area contributed by atoms with Crippen LogP contribution in [-0.2, 0) is 0 Å². The van der Waals surface area contributed by atoms with Crippen LogP contribution in [0.5, 0.6) is 11.5 Å². The third-order valence-corrected chi connectivity index (χ3v) is 5.33. The lowest BCUT2D eigenvalue weighted by Crippen LogP contribution is -2.51. The smallest absolute Gasteiger partial charge is 0.120 e. The highest BCUT2D eigenvalue weighted by molar-refractivity contribution is 5.51. The molecule has 0 radical (unpaired) electrons. The molecule has 2 atom stereocenters. The lowest BCUT2D eigenvalue weighted by Gasteiger charge is -2.40. The first-order chi connectivity index (χ1) is 12.5. The van der Waals surface area contributed by atoms with Crippen molar-refractivity contribution in [1.82, 2.24) is 4.90 Å². The highest BCUT2D eigenvalue weighted by Crippen LogP contribution is 2.27. The van der Waals surface area contributed by atoms with Gasteiger partial charge in [0.1, 0.15) is 11.5 Å². The van der Waals surface area contributed by atoms with Crippen LogP contribution in [0.1, 0.15) is 24.2 Å². The molecule has 0 saturated carbocycles. The number of aryl methyl sites for hydroxylation is 1. The van der Waals surface area contributed by atoms with Crippen molar-refractivity contribution < 1.29 is 14.9 Å². The van der Waals surface area contributed by atoms with E-state index in [9.17, 15) is 10.2 Å². The monoisotopic (exact) mass is 356 g/mol. The molecule has 1 heterocycles. The zero-order valence-corrected chi connectivity index (χ0v) is 15.7. The van der Waals surface area contributed by atoms with Crippen LogP contribution in [0.15, 0.2) is 42.5 Å². The summed E-state index contributed by atoms with van der Waals surface area (Å²) in [6, 6.07) is 13.5. The van der Waals surface area contributed by atoms with E-state index in [0.29, 0.717) is 0 Å². The molecular formula is C21H28N2O3. The number of hydrogen-bond donors (Lipinski definition) is 2. The van der Waals surface area contributed by atoms with Gasteiger partial charge >= 0.3 is 0 Å². The Morgan fingerprint density at radius 1 is 1.04 bits per heavy atom. The quantitative estimate of drug-likeness (QED) is 0.863. The molecule has 0 spiro atoms. The van der Waals surface area contributed by atoms with Crippen LogP contribution < -0.4 is 9.64 Å². The van der Waals surface area contributed by atoms with Crippen LogP contribution in [0.2, 0.25) is 0 Å². The Labute approximate surface area is 155 Å². The molecule has 0 aromatic heterocycles. The molecule has 0 bridgehead atoms. The van der Waals surface area contributed by atoms with Crippen molar-refractivity contribution >= 4 is 5.69 Å². The Hall–Kier alpha value is -2.24. The Morgan fingerprint density at radius 2 is 1.77 bits per heavy atom. The number of hydrogen-bond acceptors (Lipinski definition) is 5. The predicted octanol–water partition coefficient (Wildman–Crippen LogP) is 2.95. The molecule has 3 rings (SSSR count). The van der Waals surface area contributed by atoms with Crippen molar-refractivity contribution in [2.24, 2.45) is 0 Å². The maximum absolute atomic E-state index is 10.8. The molecule has 1 aliphatic rings. The number of rotatable bonds is 5. The number of anilines is 1. The Kier molecular flexibility index (Phi) is 5.69. The maximum Gasteiger partial charge on any atom is 0.120 e. The Balaban J connectivity index is 1.62. The van der Waals surface area contributed by atoms with Gasteiger partial charge in [0.05, 0.1) is 13.2 Å². The van der Waals surface area contributed by atoms with E-state index < -0.39 is 6.10 Å². The van der Waals surface area contributed by atoms with Crippen molar-refractivity contribution in [3.63, 3.8) is 0 Å². The number of aliphatic hydroxyl groups excluding tert-OH is 1. The minimum absolute atomic E-state index is 0.0198. The molecule has 5 nitrogen and oxygen atoms in total. The van der Waals surface area contributed by atoms with Gasteiger partial charge in [-0.3, -0.25) is 4.90 Å². The minimum Gasteiger partial charge on any atom is -0.508 e. The highest BCUT2D eigenvalue weighted by Gasteiger charge is 2.27. The number of nitrogens with zero attached hydrogens (tertiary/aromatic N) is 2. The largest absolute Gasteiger partial charge is 0.508 e. The van der Waals surface area contributed by atoms with E-state index in [4.69, 9.17) is 4.74 Å². The van der Waals surface area contributed by atoms with E-state index in [2.05, 4.69) is 28.9 Å². The zero-order chi connectivity index (χ0) is 18.7. The number of ether oxygens (including phenoxy) is 1. The first-order valence-corrected chi connectivity index (χ1v) is 9.10. The van der Waals surface area contributed by atoms with Crippen LogP contribution in [0, 0.1) is 6.92 Å². The van der Waals surface area contributed by atoms with Gasteiger partial charge in [-0.15, -0.1) is 0 Å². The number of methoxy groups -OCH3 is 1. The van der Waals surface area contributed by atoms with Crippen LogP contribution in [-0.4, -0.2) is 54.4 Å². The lowest BCUT2D eigenvalue weighted by molar-refractivity contribution is 0.0545. The first kappa shape index (κ1) is 18.5. The van der Waals surface area contributed by atoms with E-state index >= 15 is 0 Å². The summed E-state index contributed by atoms with van der Waals surface area (Å²) in [4.78, 5) is 4.67. The molecule has 140 valence electrons. The van der Waals surface area contributed by atoms with E-state index in [-0.39, 0.29) is 11.8 Å². The number of piperazine rings is 1. The molecule has 2 aromatic rings. The third-order valence-electron chi connectivity index (χ3n) is 5.33. The van der Waals surface area contributed by atoms with Crippen LogP contribution >= 0.6 is 0 Å². The fraction of sp³-hybridized carbons (Fsp3) is 0.429. The predicted molar refractivity (Wildman–Crippen MR) is 104 cm³/mol. The Morgan fingerprint density at radius 3 is 2.42 bits per heavy atom. The summed E-state index contributed by atoms with van der Waals surface area (Å²) < 4.78 is 5.32.